The van der Waals surface area contributed by atoms with Gasteiger partial charge in [0.05, 0.1) is 25.7 Å². The van der Waals surface area contributed by atoms with Crippen LogP contribution in [-0.2, 0) is 19.7 Å². The van der Waals surface area contributed by atoms with Gasteiger partial charge >= 0.3 is 5.97 Å². The minimum absolute atomic E-state index is 0.122. The zero-order valence-corrected chi connectivity index (χ0v) is 9.87. The maximum Gasteiger partial charge on any atom is 0.305 e. The summed E-state index contributed by atoms with van der Waals surface area (Å²) in [6.07, 6.45) is -0.245. The van der Waals surface area contributed by atoms with Crippen LogP contribution in [0, 0.1) is 0 Å². The highest BCUT2D eigenvalue weighted by atomic mass is 32.2. The van der Waals surface area contributed by atoms with Crippen LogP contribution in [0.4, 0.5) is 0 Å². The van der Waals surface area contributed by atoms with Gasteiger partial charge in [0, 0.05) is 13.1 Å². The molecule has 8 heteroatoms. The summed E-state index contributed by atoms with van der Waals surface area (Å²) in [6.45, 7) is 2.55. The molecule has 0 aromatic rings. The van der Waals surface area contributed by atoms with Crippen LogP contribution in [-0.4, -0.2) is 56.1 Å². The summed E-state index contributed by atoms with van der Waals surface area (Å²) >= 11 is 0. The van der Waals surface area contributed by atoms with E-state index < -0.39 is 22.2 Å². The highest BCUT2D eigenvalue weighted by molar-refractivity contribution is 7.87. The molecule has 0 aliphatic carbocycles. The number of aliphatic carboxylic acids is 1. The van der Waals surface area contributed by atoms with E-state index in [1.807, 2.05) is 0 Å². The molecule has 0 saturated carbocycles. The molecule has 1 rings (SSSR count). The van der Waals surface area contributed by atoms with Crippen molar-refractivity contribution in [2.45, 2.75) is 19.4 Å². The van der Waals surface area contributed by atoms with E-state index in [2.05, 4.69) is 4.72 Å². The summed E-state index contributed by atoms with van der Waals surface area (Å²) in [5.74, 6) is -1.04. The predicted octanol–water partition coefficient (Wildman–Crippen LogP) is -0.984. The third-order valence-corrected chi connectivity index (χ3v) is 3.97. The molecule has 0 radical (unpaired) electrons. The van der Waals surface area contributed by atoms with Crippen LogP contribution in [0.15, 0.2) is 0 Å². The quantitative estimate of drug-likeness (QED) is 0.655. The molecule has 0 aromatic carbocycles. The number of morpholine rings is 1. The molecule has 2 N–H and O–H groups in total. The minimum Gasteiger partial charge on any atom is -0.481 e. The van der Waals surface area contributed by atoms with Crippen LogP contribution in [0.1, 0.15) is 13.3 Å². The van der Waals surface area contributed by atoms with Gasteiger partial charge in [-0.3, -0.25) is 4.79 Å². The number of hydrogen-bond donors (Lipinski definition) is 2. The fraction of sp³-hybridized carbons (Fsp3) is 0.875. The summed E-state index contributed by atoms with van der Waals surface area (Å²) in [4.78, 5) is 10.6. The van der Waals surface area contributed by atoms with Crippen molar-refractivity contribution >= 4 is 16.2 Å². The SMILES string of the molecule is CCNS(=O)(=O)N1CCOCC1CC(=O)O. The van der Waals surface area contributed by atoms with Crippen molar-refractivity contribution in [3.05, 3.63) is 0 Å². The maximum atomic E-state index is 11.7. The second kappa shape index (κ2) is 5.58. The summed E-state index contributed by atoms with van der Waals surface area (Å²) in [5, 5.41) is 8.68. The van der Waals surface area contributed by atoms with Gasteiger partial charge in [-0.25, -0.2) is 4.72 Å². The van der Waals surface area contributed by atoms with Crippen molar-refractivity contribution in [1.82, 2.24) is 9.03 Å². The number of nitrogens with one attached hydrogen (secondary N) is 1. The first-order valence-electron chi connectivity index (χ1n) is 5.03. The second-order valence-corrected chi connectivity index (χ2v) is 5.15. The summed E-state index contributed by atoms with van der Waals surface area (Å²) < 4.78 is 32.1. The van der Waals surface area contributed by atoms with E-state index in [-0.39, 0.29) is 26.1 Å². The Hall–Kier alpha value is -0.700. The van der Waals surface area contributed by atoms with E-state index in [0.717, 1.165) is 4.31 Å². The molecule has 1 aliphatic rings. The maximum absolute atomic E-state index is 11.7. The fourth-order valence-corrected chi connectivity index (χ4v) is 2.96. The third kappa shape index (κ3) is 3.41. The van der Waals surface area contributed by atoms with Crippen molar-refractivity contribution in [2.24, 2.45) is 0 Å². The number of ether oxygens (including phenoxy) is 1. The molecular weight excluding hydrogens is 236 g/mol. The van der Waals surface area contributed by atoms with Gasteiger partial charge in [0.25, 0.3) is 10.2 Å². The lowest BCUT2D eigenvalue weighted by Gasteiger charge is -2.33. The first kappa shape index (κ1) is 13.4. The fourth-order valence-electron chi connectivity index (χ4n) is 1.58. The lowest BCUT2D eigenvalue weighted by atomic mass is 10.2. The van der Waals surface area contributed by atoms with Crippen molar-refractivity contribution in [3.8, 4) is 0 Å². The lowest BCUT2D eigenvalue weighted by Crippen LogP contribution is -2.53. The zero-order valence-electron chi connectivity index (χ0n) is 9.05. The molecule has 0 spiro atoms. The standard InChI is InChI=1S/C8H16N2O5S/c1-2-9-16(13,14)10-3-4-15-6-7(10)5-8(11)12/h7,9H,2-6H2,1H3,(H,11,12). The average Bonchev–Trinajstić information content (AvgIpc) is 2.17. The summed E-state index contributed by atoms with van der Waals surface area (Å²) in [5.41, 5.74) is 0. The van der Waals surface area contributed by atoms with E-state index >= 15 is 0 Å². The van der Waals surface area contributed by atoms with Crippen LogP contribution in [0.3, 0.4) is 0 Å². The second-order valence-electron chi connectivity index (χ2n) is 3.44. The Balaban J connectivity index is 2.77. The third-order valence-electron chi connectivity index (χ3n) is 2.22. The normalized spacial score (nSPS) is 23.2. The Labute approximate surface area is 94.6 Å². The summed E-state index contributed by atoms with van der Waals surface area (Å²) in [6, 6.07) is -0.629. The number of carboxylic acids is 1. The zero-order chi connectivity index (χ0) is 12.2. The largest absolute Gasteiger partial charge is 0.481 e. The molecule has 1 heterocycles. The molecule has 0 aromatic heterocycles. The highest BCUT2D eigenvalue weighted by Gasteiger charge is 2.33. The van der Waals surface area contributed by atoms with Gasteiger partial charge in [0.2, 0.25) is 0 Å². The molecule has 94 valence electrons. The van der Waals surface area contributed by atoms with Gasteiger partial charge in [0.1, 0.15) is 0 Å². The van der Waals surface area contributed by atoms with Gasteiger partial charge in [-0.05, 0) is 0 Å². The topological polar surface area (TPSA) is 95.9 Å². The van der Waals surface area contributed by atoms with Gasteiger partial charge in [-0.15, -0.1) is 0 Å². The van der Waals surface area contributed by atoms with Crippen LogP contribution >= 0.6 is 0 Å². The number of nitrogens with zero attached hydrogens (tertiary/aromatic N) is 1. The van der Waals surface area contributed by atoms with Crippen LogP contribution in [0.5, 0.6) is 0 Å². The molecule has 1 atom stereocenters. The molecule has 1 saturated heterocycles. The molecule has 1 aliphatic heterocycles. The lowest BCUT2D eigenvalue weighted by molar-refractivity contribution is -0.139. The van der Waals surface area contributed by atoms with Crippen LogP contribution in [0.25, 0.3) is 0 Å². The Morgan fingerprint density at radius 1 is 1.62 bits per heavy atom. The van der Waals surface area contributed by atoms with E-state index in [1.54, 1.807) is 6.92 Å². The minimum atomic E-state index is -3.59. The number of carboxylic acid groups (broad SMARTS) is 1. The number of carbonyl (C=O) groups is 1. The molecule has 1 fully saturated rings. The first-order valence-corrected chi connectivity index (χ1v) is 6.47. The van der Waals surface area contributed by atoms with Gasteiger partial charge in [-0.2, -0.15) is 12.7 Å². The van der Waals surface area contributed by atoms with E-state index in [9.17, 15) is 13.2 Å². The Morgan fingerprint density at radius 3 is 2.88 bits per heavy atom. The van der Waals surface area contributed by atoms with Crippen molar-refractivity contribution in [3.63, 3.8) is 0 Å². The number of rotatable bonds is 5. The molecule has 7 nitrogen and oxygen atoms in total. The highest BCUT2D eigenvalue weighted by Crippen LogP contribution is 2.14. The monoisotopic (exact) mass is 252 g/mol. The Bertz CT molecular complexity index is 342. The van der Waals surface area contributed by atoms with Crippen molar-refractivity contribution in [1.29, 1.82) is 0 Å². The first-order chi connectivity index (χ1) is 7.47. The Kier molecular flexibility index (Phi) is 4.66. The number of hydrogen-bond acceptors (Lipinski definition) is 4. The van der Waals surface area contributed by atoms with Crippen LogP contribution < -0.4 is 4.72 Å². The van der Waals surface area contributed by atoms with E-state index in [0.29, 0.717) is 6.61 Å². The molecule has 16 heavy (non-hydrogen) atoms. The van der Waals surface area contributed by atoms with Gasteiger partial charge < -0.3 is 9.84 Å². The molecule has 1 unspecified atom stereocenters. The smallest absolute Gasteiger partial charge is 0.305 e. The van der Waals surface area contributed by atoms with E-state index in [4.69, 9.17) is 9.84 Å². The van der Waals surface area contributed by atoms with Crippen molar-refractivity contribution < 1.29 is 23.1 Å². The predicted molar refractivity (Wildman–Crippen MR) is 56.2 cm³/mol. The molecule has 0 bridgehead atoms. The van der Waals surface area contributed by atoms with E-state index in [1.165, 1.54) is 0 Å². The Morgan fingerprint density at radius 2 is 2.31 bits per heavy atom. The van der Waals surface area contributed by atoms with Gasteiger partial charge in [0.15, 0.2) is 0 Å². The summed E-state index contributed by atoms with van der Waals surface area (Å²) in [7, 11) is -3.59. The van der Waals surface area contributed by atoms with Gasteiger partial charge in [-0.1, -0.05) is 6.92 Å². The molecular formula is C8H16N2O5S. The average molecular weight is 252 g/mol. The van der Waals surface area contributed by atoms with Crippen LogP contribution in [0.2, 0.25) is 0 Å². The molecule has 0 amide bonds. The van der Waals surface area contributed by atoms with Crippen molar-refractivity contribution in [2.75, 3.05) is 26.3 Å².